The number of furan rings is 1. The summed E-state index contributed by atoms with van der Waals surface area (Å²) < 4.78 is 10.9. The van der Waals surface area contributed by atoms with Crippen LogP contribution < -0.4 is 10.6 Å². The van der Waals surface area contributed by atoms with Crippen molar-refractivity contribution >= 4 is 29.9 Å². The Morgan fingerprint density at radius 3 is 2.54 bits per heavy atom. The number of ether oxygens (including phenoxy) is 1. The molecule has 2 aliphatic rings. The molecule has 2 heterocycles. The summed E-state index contributed by atoms with van der Waals surface area (Å²) in [5.74, 6) is 3.57. The molecule has 0 radical (unpaired) electrons. The van der Waals surface area contributed by atoms with Crippen LogP contribution in [0.5, 0.6) is 0 Å². The molecule has 26 heavy (non-hydrogen) atoms. The highest BCUT2D eigenvalue weighted by Crippen LogP contribution is 2.29. The Morgan fingerprint density at radius 1 is 1.08 bits per heavy atom. The number of rotatable bonds is 5. The molecule has 2 fully saturated rings. The molecule has 5 nitrogen and oxygen atoms in total. The van der Waals surface area contributed by atoms with Crippen molar-refractivity contribution < 1.29 is 9.15 Å². The van der Waals surface area contributed by atoms with E-state index in [1.807, 2.05) is 12.1 Å². The number of hydrogen-bond acceptors (Lipinski definition) is 3. The Bertz CT molecular complexity index is 529. The van der Waals surface area contributed by atoms with Crippen LogP contribution in [0.25, 0.3) is 0 Å². The van der Waals surface area contributed by atoms with E-state index in [0.29, 0.717) is 12.1 Å². The Balaban J connectivity index is 0.00000243. The van der Waals surface area contributed by atoms with Crippen LogP contribution in [0.2, 0.25) is 0 Å². The Morgan fingerprint density at radius 2 is 1.85 bits per heavy atom. The second kappa shape index (κ2) is 11.2. The SMILES string of the molecule is CC1CCC(NC(=NCCc2ccco2)NC2CCOCC2)CC1C.I. The van der Waals surface area contributed by atoms with Gasteiger partial charge < -0.3 is 19.8 Å². The van der Waals surface area contributed by atoms with Gasteiger partial charge in [-0.05, 0) is 56.1 Å². The predicted octanol–water partition coefficient (Wildman–Crippen LogP) is 3.98. The molecule has 0 spiro atoms. The van der Waals surface area contributed by atoms with E-state index < -0.39 is 0 Å². The molecule has 1 aromatic heterocycles. The van der Waals surface area contributed by atoms with Gasteiger partial charge in [0.2, 0.25) is 0 Å². The zero-order valence-electron chi connectivity index (χ0n) is 16.1. The fourth-order valence-electron chi connectivity index (χ4n) is 3.77. The topological polar surface area (TPSA) is 58.8 Å². The van der Waals surface area contributed by atoms with Crippen LogP contribution in [-0.2, 0) is 11.2 Å². The molecule has 6 heteroatoms. The van der Waals surface area contributed by atoms with E-state index in [9.17, 15) is 0 Å². The van der Waals surface area contributed by atoms with Gasteiger partial charge in [-0.15, -0.1) is 24.0 Å². The molecule has 1 saturated heterocycles. The summed E-state index contributed by atoms with van der Waals surface area (Å²) in [6.07, 6.45) is 8.44. The van der Waals surface area contributed by atoms with E-state index >= 15 is 0 Å². The van der Waals surface area contributed by atoms with Gasteiger partial charge in [0.25, 0.3) is 0 Å². The number of nitrogens with one attached hydrogen (secondary N) is 2. The smallest absolute Gasteiger partial charge is 0.191 e. The van der Waals surface area contributed by atoms with Gasteiger partial charge in [-0.1, -0.05) is 13.8 Å². The second-order valence-electron chi connectivity index (χ2n) is 7.70. The lowest BCUT2D eigenvalue weighted by atomic mass is 9.79. The molecule has 3 unspecified atom stereocenters. The van der Waals surface area contributed by atoms with Gasteiger partial charge in [0.1, 0.15) is 5.76 Å². The van der Waals surface area contributed by atoms with Crippen LogP contribution in [0.3, 0.4) is 0 Å². The van der Waals surface area contributed by atoms with Crippen molar-refractivity contribution in [1.82, 2.24) is 10.6 Å². The third-order valence-electron chi connectivity index (χ3n) is 5.71. The molecule has 0 bridgehead atoms. The summed E-state index contributed by atoms with van der Waals surface area (Å²) >= 11 is 0. The Labute approximate surface area is 174 Å². The minimum absolute atomic E-state index is 0. The highest BCUT2D eigenvalue weighted by Gasteiger charge is 2.25. The summed E-state index contributed by atoms with van der Waals surface area (Å²) in [5.41, 5.74) is 0. The van der Waals surface area contributed by atoms with Crippen LogP contribution in [0, 0.1) is 11.8 Å². The second-order valence-corrected chi connectivity index (χ2v) is 7.70. The third kappa shape index (κ3) is 6.76. The van der Waals surface area contributed by atoms with Crippen molar-refractivity contribution in [3.63, 3.8) is 0 Å². The van der Waals surface area contributed by atoms with Crippen LogP contribution in [0.4, 0.5) is 0 Å². The average Bonchev–Trinajstić information content (AvgIpc) is 3.12. The summed E-state index contributed by atoms with van der Waals surface area (Å²) in [6.45, 7) is 7.17. The number of hydrogen-bond donors (Lipinski definition) is 2. The Kier molecular flexibility index (Phi) is 9.25. The van der Waals surface area contributed by atoms with Crippen molar-refractivity contribution in [3.8, 4) is 0 Å². The highest BCUT2D eigenvalue weighted by atomic mass is 127. The van der Waals surface area contributed by atoms with Crippen LogP contribution in [0.1, 0.15) is 51.7 Å². The normalized spacial score (nSPS) is 27.6. The molecule has 1 saturated carbocycles. The molecule has 1 aliphatic heterocycles. The summed E-state index contributed by atoms with van der Waals surface area (Å²) in [4.78, 5) is 4.82. The lowest BCUT2D eigenvalue weighted by molar-refractivity contribution is 0.0821. The van der Waals surface area contributed by atoms with Crippen LogP contribution in [-0.4, -0.2) is 37.8 Å². The molecule has 0 amide bonds. The third-order valence-corrected chi connectivity index (χ3v) is 5.71. The minimum atomic E-state index is 0. The van der Waals surface area contributed by atoms with E-state index in [-0.39, 0.29) is 24.0 Å². The molecule has 2 N–H and O–H groups in total. The van der Waals surface area contributed by atoms with Gasteiger partial charge in [-0.25, -0.2) is 0 Å². The average molecular weight is 475 g/mol. The van der Waals surface area contributed by atoms with Crippen molar-refractivity contribution in [2.45, 2.75) is 64.5 Å². The fourth-order valence-corrected chi connectivity index (χ4v) is 3.77. The van der Waals surface area contributed by atoms with Gasteiger partial charge in [0.05, 0.1) is 6.26 Å². The van der Waals surface area contributed by atoms with E-state index in [4.69, 9.17) is 14.1 Å². The minimum Gasteiger partial charge on any atom is -0.469 e. The van der Waals surface area contributed by atoms with E-state index in [2.05, 4.69) is 24.5 Å². The number of aliphatic imine (C=N–C) groups is 1. The summed E-state index contributed by atoms with van der Waals surface area (Å²) in [5, 5.41) is 7.34. The van der Waals surface area contributed by atoms with Crippen LogP contribution in [0.15, 0.2) is 27.8 Å². The molecule has 3 rings (SSSR count). The van der Waals surface area contributed by atoms with Gasteiger partial charge in [0, 0.05) is 38.3 Å². The van der Waals surface area contributed by atoms with Gasteiger partial charge in [0.15, 0.2) is 5.96 Å². The first kappa shape index (κ1) is 21.5. The number of halogens is 1. The highest BCUT2D eigenvalue weighted by molar-refractivity contribution is 14.0. The first-order valence-corrected chi connectivity index (χ1v) is 9.88. The number of nitrogens with zero attached hydrogens (tertiary/aromatic N) is 1. The zero-order chi connectivity index (χ0) is 17.5. The number of guanidine groups is 1. The largest absolute Gasteiger partial charge is 0.469 e. The fraction of sp³-hybridized carbons (Fsp3) is 0.750. The van der Waals surface area contributed by atoms with Gasteiger partial charge in [-0.2, -0.15) is 0 Å². The lowest BCUT2D eigenvalue weighted by Gasteiger charge is -2.34. The van der Waals surface area contributed by atoms with Crippen molar-refractivity contribution in [2.24, 2.45) is 16.8 Å². The predicted molar refractivity (Wildman–Crippen MR) is 116 cm³/mol. The maximum absolute atomic E-state index is 5.47. The molecular weight excluding hydrogens is 441 g/mol. The molecular formula is C20H34IN3O2. The quantitative estimate of drug-likeness (QED) is 0.385. The van der Waals surface area contributed by atoms with E-state index in [0.717, 1.165) is 62.6 Å². The van der Waals surface area contributed by atoms with Gasteiger partial charge in [-0.3, -0.25) is 4.99 Å². The summed E-state index contributed by atoms with van der Waals surface area (Å²) in [6, 6.07) is 4.94. The van der Waals surface area contributed by atoms with Crippen molar-refractivity contribution in [2.75, 3.05) is 19.8 Å². The standard InChI is InChI=1S/C20H33N3O2.HI/c1-15-5-6-18(14-16(15)2)23-20(22-17-8-12-24-13-9-17)21-10-7-19-4-3-11-25-19;/h3-4,11,15-18H,5-10,12-14H2,1-2H3,(H2,21,22,23);1H. The Hall–Kier alpha value is -0.760. The zero-order valence-corrected chi connectivity index (χ0v) is 18.4. The maximum Gasteiger partial charge on any atom is 0.191 e. The van der Waals surface area contributed by atoms with Crippen molar-refractivity contribution in [3.05, 3.63) is 24.2 Å². The molecule has 0 aromatic carbocycles. The van der Waals surface area contributed by atoms with E-state index in [1.54, 1.807) is 6.26 Å². The van der Waals surface area contributed by atoms with Gasteiger partial charge >= 0.3 is 0 Å². The lowest BCUT2D eigenvalue weighted by Crippen LogP contribution is -2.50. The molecule has 1 aromatic rings. The first-order valence-electron chi connectivity index (χ1n) is 9.88. The van der Waals surface area contributed by atoms with Crippen molar-refractivity contribution in [1.29, 1.82) is 0 Å². The monoisotopic (exact) mass is 475 g/mol. The summed E-state index contributed by atoms with van der Waals surface area (Å²) in [7, 11) is 0. The molecule has 148 valence electrons. The first-order chi connectivity index (χ1) is 12.2. The van der Waals surface area contributed by atoms with E-state index in [1.165, 1.54) is 19.3 Å². The maximum atomic E-state index is 5.47. The molecule has 3 atom stereocenters. The molecule has 1 aliphatic carbocycles. The van der Waals surface area contributed by atoms with Crippen LogP contribution >= 0.6 is 24.0 Å².